The fourth-order valence-electron chi connectivity index (χ4n) is 3.54. The normalized spacial score (nSPS) is 13.6. The van der Waals surface area contributed by atoms with Crippen LogP contribution in [0.25, 0.3) is 21.7 Å². The van der Waals surface area contributed by atoms with Crippen LogP contribution in [-0.2, 0) is 6.54 Å². The summed E-state index contributed by atoms with van der Waals surface area (Å²) in [7, 11) is 0. The first-order chi connectivity index (χ1) is 13.1. The Balaban J connectivity index is 1.70. The van der Waals surface area contributed by atoms with E-state index in [-0.39, 0.29) is 5.63 Å². The molecule has 0 saturated carbocycles. The molecule has 1 aliphatic heterocycles. The maximum Gasteiger partial charge on any atom is 0.344 e. The van der Waals surface area contributed by atoms with E-state index in [0.29, 0.717) is 29.3 Å². The Morgan fingerprint density at radius 3 is 2.63 bits per heavy atom. The molecule has 0 aliphatic carbocycles. The van der Waals surface area contributed by atoms with E-state index in [2.05, 4.69) is 15.9 Å². The molecule has 0 unspecified atom stereocenters. The Labute approximate surface area is 168 Å². The van der Waals surface area contributed by atoms with E-state index >= 15 is 0 Å². The molecule has 0 spiro atoms. The highest BCUT2D eigenvalue weighted by atomic mass is 79.9. The summed E-state index contributed by atoms with van der Waals surface area (Å²) in [6, 6.07) is 17.1. The maximum atomic E-state index is 12.5. The third-order valence-electron chi connectivity index (χ3n) is 4.82. The molecule has 4 nitrogen and oxygen atoms in total. The van der Waals surface area contributed by atoms with Crippen LogP contribution in [-0.4, -0.2) is 6.73 Å². The average Bonchev–Trinajstić information content (AvgIpc) is 2.68. The molecule has 0 N–H and O–H groups in total. The van der Waals surface area contributed by atoms with E-state index < -0.39 is 0 Å². The molecule has 134 valence electrons. The third kappa shape index (κ3) is 2.69. The average molecular weight is 443 g/mol. The maximum absolute atomic E-state index is 12.5. The number of hydrogen-bond acceptors (Lipinski definition) is 4. The summed E-state index contributed by atoms with van der Waals surface area (Å²) < 4.78 is 12.5. The van der Waals surface area contributed by atoms with Crippen LogP contribution < -0.4 is 15.3 Å². The fourth-order valence-corrected chi connectivity index (χ4v) is 4.34. The van der Waals surface area contributed by atoms with Gasteiger partial charge < -0.3 is 14.1 Å². The summed E-state index contributed by atoms with van der Waals surface area (Å²) in [4.78, 5) is 14.5. The first-order valence-electron chi connectivity index (χ1n) is 8.42. The summed E-state index contributed by atoms with van der Waals surface area (Å²) in [6.45, 7) is 0.910. The van der Waals surface area contributed by atoms with Gasteiger partial charge in [0.2, 0.25) is 0 Å². The molecule has 0 fully saturated rings. The number of rotatable bonds is 1. The molecule has 0 bridgehead atoms. The molecule has 1 aromatic heterocycles. The SMILES string of the molecule is O=c1oc2c3c(ccc2c2ccccc12)OCN(c1ccc(Br)cc1Cl)C3. The minimum atomic E-state index is -0.342. The standard InChI is InChI=1S/C21H13BrClNO3/c22-12-5-7-18(17(23)9-12)24-10-16-19(26-11-24)8-6-14-13-3-1-2-4-15(13)21(25)27-20(14)16/h1-9H,10-11H2. The largest absolute Gasteiger partial charge is 0.473 e. The molecular weight excluding hydrogens is 430 g/mol. The minimum Gasteiger partial charge on any atom is -0.473 e. The van der Waals surface area contributed by atoms with Crippen molar-refractivity contribution in [3.8, 4) is 5.75 Å². The number of fused-ring (bicyclic) bond motifs is 5. The van der Waals surface area contributed by atoms with Crippen molar-refractivity contribution in [2.75, 3.05) is 11.6 Å². The lowest BCUT2D eigenvalue weighted by molar-refractivity contribution is 0.289. The smallest absolute Gasteiger partial charge is 0.344 e. The van der Waals surface area contributed by atoms with Crippen molar-refractivity contribution in [1.29, 1.82) is 0 Å². The van der Waals surface area contributed by atoms with Crippen LogP contribution in [0.5, 0.6) is 5.75 Å². The zero-order valence-electron chi connectivity index (χ0n) is 14.0. The van der Waals surface area contributed by atoms with Gasteiger partial charge >= 0.3 is 5.63 Å². The second-order valence-corrected chi connectivity index (χ2v) is 7.74. The van der Waals surface area contributed by atoms with Gasteiger partial charge in [0.05, 0.1) is 28.2 Å². The first kappa shape index (κ1) is 16.7. The predicted octanol–water partition coefficient (Wildman–Crippen LogP) is 5.72. The van der Waals surface area contributed by atoms with E-state index in [4.69, 9.17) is 20.8 Å². The van der Waals surface area contributed by atoms with Crippen LogP contribution >= 0.6 is 27.5 Å². The number of nitrogens with zero attached hydrogens (tertiary/aromatic N) is 1. The quantitative estimate of drug-likeness (QED) is 0.279. The lowest BCUT2D eigenvalue weighted by Gasteiger charge is -2.31. The van der Waals surface area contributed by atoms with Gasteiger partial charge in [-0.3, -0.25) is 0 Å². The zero-order chi connectivity index (χ0) is 18.5. The molecule has 3 aromatic carbocycles. The monoisotopic (exact) mass is 441 g/mol. The molecular formula is C21H13BrClNO3. The van der Waals surface area contributed by atoms with Crippen molar-refractivity contribution in [3.63, 3.8) is 0 Å². The number of halogens is 2. The van der Waals surface area contributed by atoms with Crippen LogP contribution in [0.3, 0.4) is 0 Å². The van der Waals surface area contributed by atoms with Crippen molar-refractivity contribution >= 4 is 55.0 Å². The van der Waals surface area contributed by atoms with Gasteiger partial charge in [-0.15, -0.1) is 0 Å². The Hall–Kier alpha value is -2.50. The van der Waals surface area contributed by atoms with Gasteiger partial charge in [0.1, 0.15) is 11.3 Å². The van der Waals surface area contributed by atoms with Crippen LogP contribution in [0.2, 0.25) is 5.02 Å². The van der Waals surface area contributed by atoms with Gasteiger partial charge in [0.15, 0.2) is 6.73 Å². The Bertz CT molecular complexity index is 1270. The zero-order valence-corrected chi connectivity index (χ0v) is 16.4. The fraction of sp³-hybridized carbons (Fsp3) is 0.0952. The van der Waals surface area contributed by atoms with E-state index in [1.54, 1.807) is 6.07 Å². The van der Waals surface area contributed by atoms with E-state index in [0.717, 1.165) is 32.2 Å². The number of hydrogen-bond donors (Lipinski definition) is 0. The van der Waals surface area contributed by atoms with E-state index in [1.807, 2.05) is 53.4 Å². The summed E-state index contributed by atoms with van der Waals surface area (Å²) in [5.74, 6) is 0.727. The topological polar surface area (TPSA) is 42.7 Å². The van der Waals surface area contributed by atoms with Crippen molar-refractivity contribution in [2.45, 2.75) is 6.54 Å². The van der Waals surface area contributed by atoms with Crippen molar-refractivity contribution in [3.05, 3.63) is 80.1 Å². The highest BCUT2D eigenvalue weighted by Gasteiger charge is 2.24. The molecule has 2 heterocycles. The molecule has 27 heavy (non-hydrogen) atoms. The van der Waals surface area contributed by atoms with Crippen LogP contribution in [0, 0.1) is 0 Å². The summed E-state index contributed by atoms with van der Waals surface area (Å²) in [5, 5.41) is 2.99. The van der Waals surface area contributed by atoms with Crippen molar-refractivity contribution < 1.29 is 9.15 Å². The van der Waals surface area contributed by atoms with Gasteiger partial charge in [0, 0.05) is 9.86 Å². The lowest BCUT2D eigenvalue weighted by atomic mass is 10.0. The highest BCUT2D eigenvalue weighted by molar-refractivity contribution is 9.10. The summed E-state index contributed by atoms with van der Waals surface area (Å²) in [5.41, 5.74) is 1.94. The van der Waals surface area contributed by atoms with Crippen molar-refractivity contribution in [1.82, 2.24) is 0 Å². The van der Waals surface area contributed by atoms with E-state index in [9.17, 15) is 4.79 Å². The van der Waals surface area contributed by atoms with Gasteiger partial charge in [-0.1, -0.05) is 45.7 Å². The molecule has 5 rings (SSSR count). The Morgan fingerprint density at radius 1 is 1.00 bits per heavy atom. The Kier molecular flexibility index (Phi) is 3.88. The predicted molar refractivity (Wildman–Crippen MR) is 111 cm³/mol. The van der Waals surface area contributed by atoms with Crippen molar-refractivity contribution in [2.24, 2.45) is 0 Å². The van der Waals surface area contributed by atoms with Gasteiger partial charge in [-0.05, 0) is 41.8 Å². The molecule has 1 aliphatic rings. The molecule has 0 radical (unpaired) electrons. The summed E-state index contributed by atoms with van der Waals surface area (Å²) in [6.07, 6.45) is 0. The Morgan fingerprint density at radius 2 is 1.81 bits per heavy atom. The molecule has 4 aromatic rings. The molecule has 0 amide bonds. The number of benzene rings is 3. The number of anilines is 1. The van der Waals surface area contributed by atoms with Crippen LogP contribution in [0.4, 0.5) is 5.69 Å². The van der Waals surface area contributed by atoms with Crippen LogP contribution in [0.15, 0.2) is 68.3 Å². The lowest BCUT2D eigenvalue weighted by Crippen LogP contribution is -2.32. The highest BCUT2D eigenvalue weighted by Crippen LogP contribution is 2.38. The first-order valence-corrected chi connectivity index (χ1v) is 9.59. The molecule has 6 heteroatoms. The summed E-state index contributed by atoms with van der Waals surface area (Å²) >= 11 is 9.84. The second-order valence-electron chi connectivity index (χ2n) is 6.42. The molecule has 0 atom stereocenters. The van der Waals surface area contributed by atoms with E-state index in [1.165, 1.54) is 0 Å². The second kappa shape index (κ2) is 6.29. The number of ether oxygens (including phenoxy) is 1. The minimum absolute atomic E-state index is 0.342. The van der Waals surface area contributed by atoms with Gasteiger partial charge in [0.25, 0.3) is 0 Å². The third-order valence-corrected chi connectivity index (χ3v) is 5.62. The molecule has 0 saturated heterocycles. The van der Waals surface area contributed by atoms with Crippen LogP contribution in [0.1, 0.15) is 5.56 Å². The van der Waals surface area contributed by atoms with Gasteiger partial charge in [-0.2, -0.15) is 0 Å². The van der Waals surface area contributed by atoms with Gasteiger partial charge in [-0.25, -0.2) is 4.79 Å².